The van der Waals surface area contributed by atoms with Crippen molar-refractivity contribution in [2.75, 3.05) is 25.6 Å². The highest BCUT2D eigenvalue weighted by Gasteiger charge is 2.18. The van der Waals surface area contributed by atoms with Crippen molar-refractivity contribution in [2.24, 2.45) is 0 Å². The minimum atomic E-state index is -4.09. The monoisotopic (exact) mass is 486 g/mol. The number of anilines is 1. The fourth-order valence-electron chi connectivity index (χ4n) is 3.30. The standard InChI is InChI=1S/C25H27FN2O5S/c1-18-5-4-6-19(2)24(18)27-25(29)28(15-16-32-3)17-20-7-11-22(12-8-20)33-34(30,31)23-13-9-21(26)10-14-23/h4-14H,15-17H2,1-3H3,(H,27,29). The predicted octanol–water partition coefficient (Wildman–Crippen LogP) is 4.89. The van der Waals surface area contributed by atoms with E-state index in [9.17, 15) is 17.6 Å². The third-order valence-corrected chi connectivity index (χ3v) is 6.43. The molecule has 0 aromatic heterocycles. The molecule has 0 saturated heterocycles. The minimum Gasteiger partial charge on any atom is -0.383 e. The van der Waals surface area contributed by atoms with E-state index in [2.05, 4.69) is 5.32 Å². The quantitative estimate of drug-likeness (QED) is 0.435. The molecule has 1 N–H and O–H groups in total. The zero-order valence-corrected chi connectivity index (χ0v) is 20.1. The Labute approximate surface area is 199 Å². The third kappa shape index (κ3) is 6.55. The molecule has 3 rings (SSSR count). The van der Waals surface area contributed by atoms with Crippen molar-refractivity contribution < 1.29 is 26.5 Å². The van der Waals surface area contributed by atoms with Crippen molar-refractivity contribution in [3.05, 3.63) is 89.2 Å². The highest BCUT2D eigenvalue weighted by Crippen LogP contribution is 2.22. The first-order valence-corrected chi connectivity index (χ1v) is 12.0. The molecule has 9 heteroatoms. The second-order valence-corrected chi connectivity index (χ2v) is 9.29. The molecule has 0 saturated carbocycles. The molecule has 0 aliphatic heterocycles. The largest absolute Gasteiger partial charge is 0.383 e. The van der Waals surface area contributed by atoms with Gasteiger partial charge in [0.05, 0.1) is 6.61 Å². The van der Waals surface area contributed by atoms with Crippen LogP contribution in [0.25, 0.3) is 0 Å². The van der Waals surface area contributed by atoms with Gasteiger partial charge in [-0.3, -0.25) is 0 Å². The predicted molar refractivity (Wildman–Crippen MR) is 128 cm³/mol. The number of nitrogens with zero attached hydrogens (tertiary/aromatic N) is 1. The molecule has 0 atom stereocenters. The van der Waals surface area contributed by atoms with Gasteiger partial charge >= 0.3 is 16.1 Å². The van der Waals surface area contributed by atoms with Crippen LogP contribution in [0.3, 0.4) is 0 Å². The van der Waals surface area contributed by atoms with E-state index >= 15 is 0 Å². The topological polar surface area (TPSA) is 84.9 Å². The van der Waals surface area contributed by atoms with E-state index in [0.717, 1.165) is 46.6 Å². The van der Waals surface area contributed by atoms with Crippen LogP contribution in [0.5, 0.6) is 5.75 Å². The first-order chi connectivity index (χ1) is 16.2. The summed E-state index contributed by atoms with van der Waals surface area (Å²) >= 11 is 0. The smallest absolute Gasteiger partial charge is 0.339 e. The molecule has 180 valence electrons. The van der Waals surface area contributed by atoms with Gasteiger partial charge in [-0.1, -0.05) is 30.3 Å². The van der Waals surface area contributed by atoms with Crippen molar-refractivity contribution in [2.45, 2.75) is 25.3 Å². The van der Waals surface area contributed by atoms with Crippen LogP contribution < -0.4 is 9.50 Å². The number of para-hydroxylation sites is 1. The number of halogens is 1. The summed E-state index contributed by atoms with van der Waals surface area (Å²) in [4.78, 5) is 14.5. The van der Waals surface area contributed by atoms with Crippen molar-refractivity contribution in [1.29, 1.82) is 0 Å². The molecule has 3 aromatic carbocycles. The lowest BCUT2D eigenvalue weighted by molar-refractivity contribution is 0.153. The molecule has 3 aromatic rings. The van der Waals surface area contributed by atoms with Crippen molar-refractivity contribution >= 4 is 21.8 Å². The number of hydrogen-bond acceptors (Lipinski definition) is 5. The van der Waals surface area contributed by atoms with Crippen LogP contribution in [0, 0.1) is 19.7 Å². The van der Waals surface area contributed by atoms with Crippen LogP contribution in [0.1, 0.15) is 16.7 Å². The lowest BCUT2D eigenvalue weighted by Gasteiger charge is -2.24. The summed E-state index contributed by atoms with van der Waals surface area (Å²) in [6, 6.07) is 16.3. The van der Waals surface area contributed by atoms with E-state index in [0.29, 0.717) is 13.2 Å². The molecule has 0 heterocycles. The summed E-state index contributed by atoms with van der Waals surface area (Å²) < 4.78 is 48.1. The Morgan fingerprint density at radius 1 is 0.971 bits per heavy atom. The van der Waals surface area contributed by atoms with Gasteiger partial charge in [-0.25, -0.2) is 9.18 Å². The molecule has 34 heavy (non-hydrogen) atoms. The Morgan fingerprint density at radius 3 is 2.18 bits per heavy atom. The minimum absolute atomic E-state index is 0.108. The van der Waals surface area contributed by atoms with E-state index < -0.39 is 15.9 Å². The summed E-state index contributed by atoms with van der Waals surface area (Å²) in [5, 5.41) is 2.97. The fourth-order valence-corrected chi connectivity index (χ4v) is 4.23. The average Bonchev–Trinajstić information content (AvgIpc) is 2.80. The van der Waals surface area contributed by atoms with Gasteiger partial charge in [-0.15, -0.1) is 0 Å². The maximum absolute atomic E-state index is 13.1. The van der Waals surface area contributed by atoms with Crippen LogP contribution >= 0.6 is 0 Å². The molecule has 0 aliphatic carbocycles. The zero-order valence-electron chi connectivity index (χ0n) is 19.2. The van der Waals surface area contributed by atoms with Crippen LogP contribution in [0.2, 0.25) is 0 Å². The van der Waals surface area contributed by atoms with Gasteiger partial charge in [-0.05, 0) is 66.9 Å². The molecule has 0 spiro atoms. The number of nitrogens with one attached hydrogen (secondary N) is 1. The van der Waals surface area contributed by atoms with Gasteiger partial charge in [0.15, 0.2) is 0 Å². The van der Waals surface area contributed by atoms with Gasteiger partial charge < -0.3 is 19.1 Å². The van der Waals surface area contributed by atoms with Gasteiger partial charge in [0.25, 0.3) is 0 Å². The van der Waals surface area contributed by atoms with Gasteiger partial charge in [0.1, 0.15) is 16.5 Å². The van der Waals surface area contributed by atoms with Crippen LogP contribution in [-0.2, 0) is 21.4 Å². The van der Waals surface area contributed by atoms with E-state index in [1.54, 1.807) is 24.1 Å². The Hall–Kier alpha value is -3.43. The van der Waals surface area contributed by atoms with Crippen LogP contribution in [0.15, 0.2) is 71.6 Å². The normalized spacial score (nSPS) is 11.2. The number of urea groups is 1. The molecule has 0 aliphatic rings. The molecule has 0 fully saturated rings. The summed E-state index contributed by atoms with van der Waals surface area (Å²) in [7, 11) is -2.53. The van der Waals surface area contributed by atoms with Crippen LogP contribution in [-0.4, -0.2) is 39.6 Å². The number of methoxy groups -OCH3 is 1. The van der Waals surface area contributed by atoms with Crippen molar-refractivity contribution in [1.82, 2.24) is 4.90 Å². The second kappa shape index (κ2) is 11.1. The van der Waals surface area contributed by atoms with E-state index in [1.807, 2.05) is 32.0 Å². The van der Waals surface area contributed by atoms with Gasteiger partial charge in [0.2, 0.25) is 0 Å². The number of carbonyl (C=O) groups excluding carboxylic acids is 1. The number of aryl methyl sites for hydroxylation is 2. The average molecular weight is 487 g/mol. The van der Waals surface area contributed by atoms with Crippen LogP contribution in [0.4, 0.5) is 14.9 Å². The molecule has 0 bridgehead atoms. The molecular formula is C25H27FN2O5S. The summed E-state index contributed by atoms with van der Waals surface area (Å²) in [5.74, 6) is -0.431. The van der Waals surface area contributed by atoms with Crippen molar-refractivity contribution in [3.8, 4) is 5.75 Å². The van der Waals surface area contributed by atoms with E-state index in [4.69, 9.17) is 8.92 Å². The molecule has 0 unspecified atom stereocenters. The molecule has 2 amide bonds. The number of amides is 2. The second-order valence-electron chi connectivity index (χ2n) is 7.75. The number of carbonyl (C=O) groups is 1. The van der Waals surface area contributed by atoms with Crippen molar-refractivity contribution in [3.63, 3.8) is 0 Å². The first kappa shape index (κ1) is 25.2. The Morgan fingerprint density at radius 2 is 1.59 bits per heavy atom. The zero-order chi connectivity index (χ0) is 24.7. The van der Waals surface area contributed by atoms with E-state index in [-0.39, 0.29) is 23.2 Å². The number of benzene rings is 3. The summed E-state index contributed by atoms with van der Waals surface area (Å²) in [5.41, 5.74) is 3.47. The maximum Gasteiger partial charge on any atom is 0.339 e. The maximum atomic E-state index is 13.1. The summed E-state index contributed by atoms with van der Waals surface area (Å²) in [6.07, 6.45) is 0. The first-order valence-electron chi connectivity index (χ1n) is 10.6. The highest BCUT2D eigenvalue weighted by atomic mass is 32.2. The molecular weight excluding hydrogens is 459 g/mol. The lowest BCUT2D eigenvalue weighted by atomic mass is 10.1. The SMILES string of the molecule is COCCN(Cc1ccc(OS(=O)(=O)c2ccc(F)cc2)cc1)C(=O)Nc1c(C)cccc1C. The third-order valence-electron chi connectivity index (χ3n) is 5.17. The fraction of sp³-hybridized carbons (Fsp3) is 0.240. The summed E-state index contributed by atoms with van der Waals surface area (Å²) in [6.45, 7) is 4.87. The molecule has 0 radical (unpaired) electrons. The number of hydrogen-bond donors (Lipinski definition) is 1. The number of rotatable bonds is 9. The van der Waals surface area contributed by atoms with Gasteiger partial charge in [0, 0.05) is 25.9 Å². The Balaban J connectivity index is 1.71. The lowest BCUT2D eigenvalue weighted by Crippen LogP contribution is -2.37. The van der Waals surface area contributed by atoms with Gasteiger partial charge in [-0.2, -0.15) is 8.42 Å². The molecule has 7 nitrogen and oxygen atoms in total. The Bertz CT molecular complexity index is 1210. The van der Waals surface area contributed by atoms with E-state index in [1.165, 1.54) is 12.1 Å². The number of ether oxygens (including phenoxy) is 1. The Kier molecular flexibility index (Phi) is 8.25. The highest BCUT2D eigenvalue weighted by molar-refractivity contribution is 7.87.